The molecule has 148 valence electrons. The van der Waals surface area contributed by atoms with E-state index in [0.29, 0.717) is 18.7 Å². The largest absolute Gasteiger partial charge is 0.383 e. The maximum Gasteiger partial charge on any atom is 0.352 e. The van der Waals surface area contributed by atoms with E-state index in [9.17, 15) is 9.59 Å². The second kappa shape index (κ2) is 7.77. The summed E-state index contributed by atoms with van der Waals surface area (Å²) in [5.74, 6) is 0.127. The molecule has 0 aliphatic carbocycles. The maximum absolute atomic E-state index is 13.0. The van der Waals surface area contributed by atoms with Gasteiger partial charge in [-0.25, -0.2) is 9.78 Å². The van der Waals surface area contributed by atoms with Crippen LogP contribution >= 0.6 is 0 Å². The second-order valence-corrected chi connectivity index (χ2v) is 6.51. The molecular weight excluding hydrogens is 362 g/mol. The van der Waals surface area contributed by atoms with Gasteiger partial charge in [0, 0.05) is 13.7 Å². The van der Waals surface area contributed by atoms with Crippen LogP contribution in [0, 0.1) is 13.8 Å². The first kappa shape index (κ1) is 19.5. The van der Waals surface area contributed by atoms with Gasteiger partial charge in [0.05, 0.1) is 30.7 Å². The first-order valence-corrected chi connectivity index (χ1v) is 8.80. The number of benzene rings is 1. The quantitative estimate of drug-likeness (QED) is 0.334. The van der Waals surface area contributed by atoms with E-state index in [4.69, 9.17) is 16.2 Å². The van der Waals surface area contributed by atoms with E-state index >= 15 is 0 Å². The number of aliphatic imine (C=N–C) groups is 1. The highest BCUT2D eigenvalue weighted by Gasteiger charge is 2.21. The van der Waals surface area contributed by atoms with Gasteiger partial charge in [-0.15, -0.1) is 0 Å². The van der Waals surface area contributed by atoms with E-state index in [1.165, 1.54) is 0 Å². The van der Waals surface area contributed by atoms with Gasteiger partial charge in [0.25, 0.3) is 5.56 Å². The molecule has 0 unspecified atom stereocenters. The Bertz CT molecular complexity index is 1140. The van der Waals surface area contributed by atoms with Gasteiger partial charge in [-0.05, 0) is 37.1 Å². The van der Waals surface area contributed by atoms with E-state index < -0.39 is 11.2 Å². The summed E-state index contributed by atoms with van der Waals surface area (Å²) in [4.78, 5) is 37.9. The summed E-state index contributed by atoms with van der Waals surface area (Å²) in [5.41, 5.74) is 13.1. The van der Waals surface area contributed by atoms with Crippen LogP contribution in [0.1, 0.15) is 11.1 Å². The number of ether oxygens (including phenoxy) is 1. The minimum atomic E-state index is -0.667. The Morgan fingerprint density at radius 1 is 1.11 bits per heavy atom. The van der Waals surface area contributed by atoms with Gasteiger partial charge in [-0.1, -0.05) is 0 Å². The molecule has 4 N–H and O–H groups in total. The van der Waals surface area contributed by atoms with Gasteiger partial charge < -0.3 is 20.8 Å². The lowest BCUT2D eigenvalue weighted by atomic mass is 10.1. The summed E-state index contributed by atoms with van der Waals surface area (Å²) in [6.45, 7) is 4.91. The lowest BCUT2D eigenvalue weighted by molar-refractivity contribution is 0.188. The molecule has 28 heavy (non-hydrogen) atoms. The standard InChI is InChI=1S/C18H23N7O3/c1-10-8-12-13(9-11(10)2)24(6-7-28-3)15-14(22-12)16(26)25(18(27)23-15)5-4-21-17(19)20/h8-9H,4-7H2,1-3H3,(H4,19,20,21). The summed E-state index contributed by atoms with van der Waals surface area (Å²) < 4.78 is 7.99. The highest BCUT2D eigenvalue weighted by atomic mass is 16.5. The molecule has 0 saturated carbocycles. The summed E-state index contributed by atoms with van der Waals surface area (Å²) >= 11 is 0. The zero-order valence-electron chi connectivity index (χ0n) is 16.1. The Labute approximate surface area is 160 Å². The smallest absolute Gasteiger partial charge is 0.352 e. The number of hydrogen-bond acceptors (Lipinski definition) is 6. The number of aromatic nitrogens is 4. The van der Waals surface area contributed by atoms with Crippen molar-refractivity contribution in [1.82, 2.24) is 19.1 Å². The molecule has 3 rings (SSSR count). The number of methoxy groups -OCH3 is 1. The van der Waals surface area contributed by atoms with Crippen molar-refractivity contribution in [2.75, 3.05) is 20.3 Å². The van der Waals surface area contributed by atoms with Gasteiger partial charge in [-0.3, -0.25) is 14.4 Å². The first-order chi connectivity index (χ1) is 13.3. The van der Waals surface area contributed by atoms with Crippen molar-refractivity contribution < 1.29 is 4.74 Å². The third kappa shape index (κ3) is 3.58. The molecule has 10 nitrogen and oxygen atoms in total. The molecule has 2 aliphatic rings. The molecular formula is C18H23N7O3. The molecule has 2 heterocycles. The van der Waals surface area contributed by atoms with Crippen LogP contribution in [0.3, 0.4) is 0 Å². The average molecular weight is 385 g/mol. The molecule has 0 spiro atoms. The Balaban J connectivity index is 2.29. The molecule has 2 aliphatic heterocycles. The number of guanidine groups is 1. The SMILES string of the molecule is COCCn1c2nc(=O)n(CCN=C(N)N)c(=O)c-2nc2cc(C)c(C)cc21. The van der Waals surface area contributed by atoms with Gasteiger partial charge in [0.2, 0.25) is 0 Å². The molecule has 0 amide bonds. The fourth-order valence-corrected chi connectivity index (χ4v) is 3.01. The predicted molar refractivity (Wildman–Crippen MR) is 107 cm³/mol. The Kier molecular flexibility index (Phi) is 5.41. The van der Waals surface area contributed by atoms with E-state index in [-0.39, 0.29) is 30.6 Å². The van der Waals surface area contributed by atoms with Gasteiger partial charge in [0.15, 0.2) is 17.5 Å². The van der Waals surface area contributed by atoms with Crippen LogP contribution < -0.4 is 22.7 Å². The van der Waals surface area contributed by atoms with Crippen LogP contribution in [0.15, 0.2) is 26.7 Å². The molecule has 0 saturated heterocycles. The number of nitrogens with two attached hydrogens (primary N) is 2. The lowest BCUT2D eigenvalue weighted by Gasteiger charge is -2.18. The highest BCUT2D eigenvalue weighted by Crippen LogP contribution is 2.23. The summed E-state index contributed by atoms with van der Waals surface area (Å²) in [6, 6.07) is 3.89. The molecule has 0 radical (unpaired) electrons. The van der Waals surface area contributed by atoms with Crippen molar-refractivity contribution in [2.45, 2.75) is 26.9 Å². The third-order valence-electron chi connectivity index (χ3n) is 4.60. The number of rotatable bonds is 6. The molecule has 0 bridgehead atoms. The van der Waals surface area contributed by atoms with Crippen LogP contribution in [0.2, 0.25) is 0 Å². The fraction of sp³-hybridized carbons (Fsp3) is 0.389. The predicted octanol–water partition coefficient (Wildman–Crippen LogP) is -0.405. The number of fused-ring (bicyclic) bond motifs is 2. The molecule has 0 atom stereocenters. The molecule has 1 aromatic carbocycles. The maximum atomic E-state index is 13.0. The zero-order valence-corrected chi connectivity index (χ0v) is 16.1. The van der Waals surface area contributed by atoms with Crippen molar-refractivity contribution in [2.24, 2.45) is 16.5 Å². The van der Waals surface area contributed by atoms with Crippen LogP contribution in [0.5, 0.6) is 0 Å². The zero-order chi connectivity index (χ0) is 20.4. The van der Waals surface area contributed by atoms with E-state index in [0.717, 1.165) is 21.2 Å². The minimum Gasteiger partial charge on any atom is -0.383 e. The normalized spacial score (nSPS) is 11.2. The van der Waals surface area contributed by atoms with Crippen molar-refractivity contribution in [3.63, 3.8) is 0 Å². The summed E-state index contributed by atoms with van der Waals surface area (Å²) in [7, 11) is 1.59. The van der Waals surface area contributed by atoms with E-state index in [1.807, 2.05) is 26.0 Å². The van der Waals surface area contributed by atoms with Gasteiger partial charge in [-0.2, -0.15) is 4.98 Å². The van der Waals surface area contributed by atoms with Crippen molar-refractivity contribution in [1.29, 1.82) is 0 Å². The third-order valence-corrected chi connectivity index (χ3v) is 4.60. The Morgan fingerprint density at radius 3 is 2.50 bits per heavy atom. The molecule has 0 aromatic heterocycles. The number of hydrogen-bond donors (Lipinski definition) is 2. The number of aryl methyl sites for hydroxylation is 2. The highest BCUT2D eigenvalue weighted by molar-refractivity contribution is 5.81. The second-order valence-electron chi connectivity index (χ2n) is 6.51. The molecule has 0 fully saturated rings. The van der Waals surface area contributed by atoms with Crippen LogP contribution in [0.4, 0.5) is 0 Å². The lowest BCUT2D eigenvalue weighted by Crippen LogP contribution is -2.39. The van der Waals surface area contributed by atoms with E-state index in [2.05, 4.69) is 15.0 Å². The molecule has 10 heteroatoms. The Hall–Kier alpha value is -3.27. The summed E-state index contributed by atoms with van der Waals surface area (Å²) in [6.07, 6.45) is 0. The number of nitrogens with zero attached hydrogens (tertiary/aromatic N) is 5. The van der Waals surface area contributed by atoms with Crippen LogP contribution in [-0.2, 0) is 17.8 Å². The Morgan fingerprint density at radius 2 is 1.82 bits per heavy atom. The van der Waals surface area contributed by atoms with Gasteiger partial charge >= 0.3 is 5.69 Å². The monoisotopic (exact) mass is 385 g/mol. The van der Waals surface area contributed by atoms with Crippen LogP contribution in [0.25, 0.3) is 22.6 Å². The average Bonchev–Trinajstić information content (AvgIpc) is 2.63. The first-order valence-electron chi connectivity index (χ1n) is 8.80. The van der Waals surface area contributed by atoms with Crippen molar-refractivity contribution >= 4 is 17.0 Å². The van der Waals surface area contributed by atoms with Crippen molar-refractivity contribution in [3.8, 4) is 11.5 Å². The summed E-state index contributed by atoms with van der Waals surface area (Å²) in [5, 5.41) is 0. The van der Waals surface area contributed by atoms with Crippen molar-refractivity contribution in [3.05, 3.63) is 44.1 Å². The van der Waals surface area contributed by atoms with E-state index in [1.54, 1.807) is 11.7 Å². The minimum absolute atomic E-state index is 0.0171. The fourth-order valence-electron chi connectivity index (χ4n) is 3.01. The molecule has 1 aromatic rings. The topological polar surface area (TPSA) is 143 Å². The van der Waals surface area contributed by atoms with Gasteiger partial charge in [0.1, 0.15) is 0 Å². The van der Waals surface area contributed by atoms with Crippen LogP contribution in [-0.4, -0.2) is 45.3 Å².